The van der Waals surface area contributed by atoms with Gasteiger partial charge in [-0.2, -0.15) is 4.31 Å². The molecule has 1 aliphatic heterocycles. The second kappa shape index (κ2) is 5.59. The van der Waals surface area contributed by atoms with Gasteiger partial charge >= 0.3 is 0 Å². The van der Waals surface area contributed by atoms with Crippen molar-refractivity contribution in [2.45, 2.75) is 15.2 Å². The van der Waals surface area contributed by atoms with E-state index >= 15 is 0 Å². The van der Waals surface area contributed by atoms with Crippen molar-refractivity contribution in [1.82, 2.24) is 13.9 Å². The summed E-state index contributed by atoms with van der Waals surface area (Å²) >= 11 is 5.75. The molecule has 0 aliphatic carbocycles. The van der Waals surface area contributed by atoms with Gasteiger partial charge in [-0.25, -0.2) is 21.8 Å². The van der Waals surface area contributed by atoms with Gasteiger partial charge in [-0.05, 0) is 24.3 Å². The molecule has 1 aliphatic rings. The quantitative estimate of drug-likeness (QED) is 0.792. The normalized spacial score (nSPS) is 17.1. The molecule has 0 amide bonds. The highest BCUT2D eigenvalue weighted by Crippen LogP contribution is 2.28. The molecule has 0 atom stereocenters. The monoisotopic (exact) mass is 375 g/mol. The smallest absolute Gasteiger partial charge is 0.262 e. The lowest BCUT2D eigenvalue weighted by Gasteiger charge is -2.36. The molecular formula is C13H14ClN3O4S2. The van der Waals surface area contributed by atoms with E-state index in [2.05, 4.69) is 4.98 Å². The average molecular weight is 376 g/mol. The number of nitrogens with zero attached hydrogens (tertiary/aromatic N) is 3. The van der Waals surface area contributed by atoms with Gasteiger partial charge in [-0.15, -0.1) is 0 Å². The molecule has 23 heavy (non-hydrogen) atoms. The highest BCUT2D eigenvalue weighted by atomic mass is 35.5. The van der Waals surface area contributed by atoms with Gasteiger partial charge in [0.1, 0.15) is 0 Å². The van der Waals surface area contributed by atoms with Crippen LogP contribution in [0, 0.1) is 0 Å². The second-order valence-corrected chi connectivity index (χ2v) is 9.87. The molecule has 1 fully saturated rings. The van der Waals surface area contributed by atoms with Crippen LogP contribution in [0.5, 0.6) is 0 Å². The molecule has 0 N–H and O–H groups in total. The Morgan fingerprint density at radius 3 is 2.26 bits per heavy atom. The molecule has 2 heterocycles. The van der Waals surface area contributed by atoms with Gasteiger partial charge in [0.2, 0.25) is 0 Å². The number of aromatic nitrogens is 2. The maximum absolute atomic E-state index is 12.5. The lowest BCUT2D eigenvalue weighted by molar-refractivity contribution is 0.309. The number of sulfone groups is 1. The van der Waals surface area contributed by atoms with Gasteiger partial charge in [0.15, 0.2) is 14.9 Å². The zero-order valence-corrected chi connectivity index (χ0v) is 14.5. The fraction of sp³-hybridized carbons (Fsp3) is 0.308. The minimum Gasteiger partial charge on any atom is -0.339 e. The van der Waals surface area contributed by atoms with E-state index in [0.717, 1.165) is 4.31 Å². The standard InChI is InChI=1S/C13H14ClN3O4S2/c1-16-8-13(15-9-16)23(20,21)17-6-12(7-17)22(18,19)11-4-2-10(14)3-5-11/h2-5,8-9,12H,6-7H2,1H3. The summed E-state index contributed by atoms with van der Waals surface area (Å²) in [5.41, 5.74) is 0. The number of hydrogen-bond acceptors (Lipinski definition) is 5. The fourth-order valence-electron chi connectivity index (χ4n) is 2.26. The number of sulfonamides is 1. The zero-order valence-electron chi connectivity index (χ0n) is 12.1. The van der Waals surface area contributed by atoms with E-state index in [0.29, 0.717) is 5.02 Å². The summed E-state index contributed by atoms with van der Waals surface area (Å²) in [5.74, 6) is 0. The Balaban J connectivity index is 1.77. The number of aryl methyl sites for hydroxylation is 1. The van der Waals surface area contributed by atoms with Crippen LogP contribution in [0.2, 0.25) is 5.02 Å². The topological polar surface area (TPSA) is 89.3 Å². The van der Waals surface area contributed by atoms with E-state index < -0.39 is 25.1 Å². The average Bonchev–Trinajstić information content (AvgIpc) is 2.84. The number of imidazole rings is 1. The van der Waals surface area contributed by atoms with Gasteiger partial charge in [-0.1, -0.05) is 11.6 Å². The van der Waals surface area contributed by atoms with Crippen LogP contribution in [0.4, 0.5) is 0 Å². The molecule has 124 valence electrons. The molecule has 7 nitrogen and oxygen atoms in total. The zero-order chi connectivity index (χ0) is 16.8. The Labute approximate surface area is 139 Å². The molecule has 1 saturated heterocycles. The Morgan fingerprint density at radius 2 is 1.74 bits per heavy atom. The molecular weight excluding hydrogens is 362 g/mol. The van der Waals surface area contributed by atoms with Gasteiger partial charge in [0, 0.05) is 31.4 Å². The van der Waals surface area contributed by atoms with Crippen molar-refractivity contribution < 1.29 is 16.8 Å². The summed E-state index contributed by atoms with van der Waals surface area (Å²) in [4.78, 5) is 3.96. The number of halogens is 1. The van der Waals surface area contributed by atoms with Crippen LogP contribution < -0.4 is 0 Å². The number of benzene rings is 1. The van der Waals surface area contributed by atoms with E-state index in [4.69, 9.17) is 11.6 Å². The molecule has 2 aromatic rings. The van der Waals surface area contributed by atoms with Crippen molar-refractivity contribution in [1.29, 1.82) is 0 Å². The molecule has 0 spiro atoms. The SMILES string of the molecule is Cn1cnc(S(=O)(=O)N2CC(S(=O)(=O)c3ccc(Cl)cc3)C2)c1. The second-order valence-electron chi connectivity index (χ2n) is 5.32. The highest BCUT2D eigenvalue weighted by Gasteiger charge is 2.44. The van der Waals surface area contributed by atoms with Crippen LogP contribution in [-0.2, 0) is 26.9 Å². The van der Waals surface area contributed by atoms with Crippen molar-refractivity contribution in [2.24, 2.45) is 7.05 Å². The number of rotatable bonds is 4. The first-order valence-corrected chi connectivity index (χ1v) is 10.1. The molecule has 0 radical (unpaired) electrons. The van der Waals surface area contributed by atoms with Crippen molar-refractivity contribution in [2.75, 3.05) is 13.1 Å². The van der Waals surface area contributed by atoms with Crippen molar-refractivity contribution >= 4 is 31.5 Å². The molecule has 0 saturated carbocycles. The van der Waals surface area contributed by atoms with Crippen LogP contribution in [0.3, 0.4) is 0 Å². The van der Waals surface area contributed by atoms with Crippen LogP contribution in [-0.4, -0.2) is 49.0 Å². The molecule has 3 rings (SSSR count). The van der Waals surface area contributed by atoms with Gasteiger partial charge in [-0.3, -0.25) is 0 Å². The first-order chi connectivity index (χ1) is 10.7. The van der Waals surface area contributed by atoms with Gasteiger partial charge in [0.05, 0.1) is 16.5 Å². The van der Waals surface area contributed by atoms with E-state index in [-0.39, 0.29) is 23.0 Å². The molecule has 0 bridgehead atoms. The summed E-state index contributed by atoms with van der Waals surface area (Å²) in [6, 6.07) is 5.84. The minimum atomic E-state index is -3.75. The lowest BCUT2D eigenvalue weighted by Crippen LogP contribution is -2.56. The van der Waals surface area contributed by atoms with Crippen molar-refractivity contribution in [3.8, 4) is 0 Å². The predicted molar refractivity (Wildman–Crippen MR) is 84.4 cm³/mol. The molecule has 1 aromatic carbocycles. The minimum absolute atomic E-state index is 0.0795. The van der Waals surface area contributed by atoms with Gasteiger partial charge < -0.3 is 4.57 Å². The predicted octanol–water partition coefficient (Wildman–Crippen LogP) is 0.920. The maximum Gasteiger partial charge on any atom is 0.262 e. The Morgan fingerprint density at radius 1 is 1.13 bits per heavy atom. The van der Waals surface area contributed by atoms with Crippen LogP contribution >= 0.6 is 11.6 Å². The van der Waals surface area contributed by atoms with E-state index in [1.54, 1.807) is 7.05 Å². The van der Waals surface area contributed by atoms with Gasteiger partial charge in [0.25, 0.3) is 10.0 Å². The Bertz CT molecular complexity index is 930. The first kappa shape index (κ1) is 16.4. The summed E-state index contributed by atoms with van der Waals surface area (Å²) in [6.45, 7) is -0.159. The van der Waals surface area contributed by atoms with Crippen molar-refractivity contribution in [3.63, 3.8) is 0 Å². The third kappa shape index (κ3) is 2.89. The number of hydrogen-bond donors (Lipinski definition) is 0. The molecule has 10 heteroatoms. The van der Waals surface area contributed by atoms with E-state index in [9.17, 15) is 16.8 Å². The van der Waals surface area contributed by atoms with Crippen LogP contribution in [0.15, 0.2) is 46.7 Å². The third-order valence-corrected chi connectivity index (χ3v) is 7.76. The summed E-state index contributed by atoms with van der Waals surface area (Å²) < 4.78 is 52.2. The molecule has 1 aromatic heterocycles. The van der Waals surface area contributed by atoms with Crippen LogP contribution in [0.1, 0.15) is 0 Å². The van der Waals surface area contributed by atoms with Crippen LogP contribution in [0.25, 0.3) is 0 Å². The first-order valence-electron chi connectivity index (χ1n) is 6.69. The summed E-state index contributed by atoms with van der Waals surface area (Å²) in [5, 5.41) is -0.401. The van der Waals surface area contributed by atoms with Crippen molar-refractivity contribution in [3.05, 3.63) is 41.8 Å². The fourth-order valence-corrected chi connectivity index (χ4v) is 5.73. The maximum atomic E-state index is 12.5. The largest absolute Gasteiger partial charge is 0.339 e. The summed E-state index contributed by atoms with van der Waals surface area (Å²) in [7, 11) is -5.66. The van der Waals surface area contributed by atoms with E-state index in [1.165, 1.54) is 41.4 Å². The Hall–Kier alpha value is -1.42. The Kier molecular flexibility index (Phi) is 3.99. The third-order valence-electron chi connectivity index (χ3n) is 3.68. The van der Waals surface area contributed by atoms with E-state index in [1.807, 2.05) is 0 Å². The lowest BCUT2D eigenvalue weighted by atomic mass is 10.3. The summed E-state index contributed by atoms with van der Waals surface area (Å²) in [6.07, 6.45) is 2.77. The molecule has 0 unspecified atom stereocenters. The highest BCUT2D eigenvalue weighted by molar-refractivity contribution is 7.92.